The molecule has 0 amide bonds. The maximum Gasteiger partial charge on any atom is 0.160 e. The number of nitrogens with one attached hydrogen (secondary N) is 1. The molecule has 1 aliphatic heterocycles. The molecule has 2 aromatic rings. The van der Waals surface area contributed by atoms with E-state index in [-0.39, 0.29) is 17.7 Å². The normalized spacial score (nSPS) is 29.9. The number of hydrogen-bond acceptors (Lipinski definition) is 3. The highest BCUT2D eigenvalue weighted by atomic mass is 16.5. The molecule has 2 aliphatic rings. The van der Waals surface area contributed by atoms with Gasteiger partial charge in [-0.1, -0.05) is 42.7 Å². The van der Waals surface area contributed by atoms with Crippen molar-refractivity contribution >= 4 is 0 Å². The molecule has 1 heterocycles. The lowest BCUT2D eigenvalue weighted by Gasteiger charge is -2.50. The first-order chi connectivity index (χ1) is 13.5. The van der Waals surface area contributed by atoms with Crippen LogP contribution in [0, 0.1) is 12.8 Å². The lowest BCUT2D eigenvalue weighted by molar-refractivity contribution is -0.958. The number of likely N-dealkylation sites (tertiary alicyclic amines) is 1. The quantitative estimate of drug-likeness (QED) is 0.761. The molecule has 28 heavy (non-hydrogen) atoms. The lowest BCUT2D eigenvalue weighted by atomic mass is 9.66. The van der Waals surface area contributed by atoms with Gasteiger partial charge < -0.3 is 19.8 Å². The van der Waals surface area contributed by atoms with Gasteiger partial charge in [0.2, 0.25) is 0 Å². The zero-order valence-electron chi connectivity index (χ0n) is 16.9. The van der Waals surface area contributed by atoms with Gasteiger partial charge in [0, 0.05) is 23.5 Å². The van der Waals surface area contributed by atoms with Crippen LogP contribution < -0.4 is 9.64 Å². The Kier molecular flexibility index (Phi) is 5.35. The molecule has 4 atom stereocenters. The van der Waals surface area contributed by atoms with Gasteiger partial charge in [0.25, 0.3) is 0 Å². The summed E-state index contributed by atoms with van der Waals surface area (Å²) >= 11 is 0. The molecule has 3 N–H and O–H groups in total. The molecule has 1 saturated heterocycles. The van der Waals surface area contributed by atoms with E-state index in [0.29, 0.717) is 5.75 Å². The van der Waals surface area contributed by atoms with Crippen LogP contribution in [0.4, 0.5) is 0 Å². The number of aryl methyl sites for hydroxylation is 1. The molecule has 150 valence electrons. The number of piperidine rings is 1. The molecular formula is C24H32NO3+. The summed E-state index contributed by atoms with van der Waals surface area (Å²) < 4.78 is 5.38. The number of hydrogen-bond donors (Lipinski definition) is 3. The summed E-state index contributed by atoms with van der Waals surface area (Å²) in [5.74, 6) is 0.919. The molecule has 2 fully saturated rings. The first-order valence-electron chi connectivity index (χ1n) is 10.5. The largest absolute Gasteiger partial charge is 0.504 e. The third-order valence-corrected chi connectivity index (χ3v) is 6.90. The fraction of sp³-hybridized carbons (Fsp3) is 0.500. The standard InChI is InChI=1S/C24H31NO3/c1-17-6-8-18(9-7-17)16-25-14-13-24(27)12-4-3-5-20(24)23(25)19-10-11-21(26)22(15-19)28-2/h6-11,15,20,23,26-27H,3-5,12-14,16H2,1-2H3/p+1/t20-,23-,24-/m1/s1. The molecule has 0 aromatic heterocycles. The van der Waals surface area contributed by atoms with Gasteiger partial charge >= 0.3 is 0 Å². The highest BCUT2D eigenvalue weighted by Crippen LogP contribution is 2.45. The van der Waals surface area contributed by atoms with Crippen molar-refractivity contribution in [2.24, 2.45) is 5.92 Å². The summed E-state index contributed by atoms with van der Waals surface area (Å²) in [5.41, 5.74) is 3.20. The minimum absolute atomic E-state index is 0.168. The number of quaternary nitrogens is 1. The Balaban J connectivity index is 1.70. The number of aliphatic hydroxyl groups is 1. The number of aromatic hydroxyl groups is 1. The Morgan fingerprint density at radius 1 is 1.11 bits per heavy atom. The fourth-order valence-corrected chi connectivity index (χ4v) is 5.38. The van der Waals surface area contributed by atoms with Crippen LogP contribution >= 0.6 is 0 Å². The number of benzene rings is 2. The van der Waals surface area contributed by atoms with E-state index in [1.165, 1.54) is 22.4 Å². The maximum absolute atomic E-state index is 11.4. The third kappa shape index (κ3) is 3.63. The highest BCUT2D eigenvalue weighted by molar-refractivity contribution is 5.42. The number of rotatable bonds is 4. The predicted octanol–water partition coefficient (Wildman–Crippen LogP) is 3.16. The monoisotopic (exact) mass is 382 g/mol. The van der Waals surface area contributed by atoms with Gasteiger partial charge in [0.05, 0.1) is 19.3 Å². The molecule has 1 saturated carbocycles. The average Bonchev–Trinajstić information content (AvgIpc) is 2.70. The minimum Gasteiger partial charge on any atom is -0.504 e. The maximum atomic E-state index is 11.4. The van der Waals surface area contributed by atoms with E-state index in [0.717, 1.165) is 44.3 Å². The topological polar surface area (TPSA) is 54.1 Å². The van der Waals surface area contributed by atoms with Crippen molar-refractivity contribution in [2.45, 2.75) is 57.2 Å². The van der Waals surface area contributed by atoms with Crippen LogP contribution in [0.15, 0.2) is 42.5 Å². The Hall–Kier alpha value is -2.04. The molecule has 4 heteroatoms. The number of phenolic OH excluding ortho intramolecular Hbond substituents is 1. The van der Waals surface area contributed by atoms with E-state index < -0.39 is 5.60 Å². The van der Waals surface area contributed by atoms with Crippen molar-refractivity contribution in [3.63, 3.8) is 0 Å². The first kappa shape index (κ1) is 19.3. The van der Waals surface area contributed by atoms with E-state index in [1.807, 2.05) is 12.1 Å². The molecule has 4 nitrogen and oxygen atoms in total. The molecule has 2 aromatic carbocycles. The van der Waals surface area contributed by atoms with Crippen molar-refractivity contribution in [3.8, 4) is 11.5 Å². The van der Waals surface area contributed by atoms with Crippen molar-refractivity contribution in [1.82, 2.24) is 0 Å². The van der Waals surface area contributed by atoms with E-state index in [4.69, 9.17) is 4.74 Å². The van der Waals surface area contributed by atoms with Crippen LogP contribution in [-0.4, -0.2) is 29.5 Å². The fourth-order valence-electron chi connectivity index (χ4n) is 5.38. The van der Waals surface area contributed by atoms with Gasteiger partial charge in [0.15, 0.2) is 11.5 Å². The Labute approximate surface area is 167 Å². The minimum atomic E-state index is -0.565. The van der Waals surface area contributed by atoms with Gasteiger partial charge in [-0.25, -0.2) is 0 Å². The van der Waals surface area contributed by atoms with Gasteiger partial charge in [-0.3, -0.25) is 0 Å². The molecule has 1 aliphatic carbocycles. The second-order valence-electron chi connectivity index (χ2n) is 8.69. The number of fused-ring (bicyclic) bond motifs is 1. The second-order valence-corrected chi connectivity index (χ2v) is 8.69. The summed E-state index contributed by atoms with van der Waals surface area (Å²) in [7, 11) is 1.59. The van der Waals surface area contributed by atoms with Crippen molar-refractivity contribution in [2.75, 3.05) is 13.7 Å². The van der Waals surface area contributed by atoms with Crippen molar-refractivity contribution in [3.05, 3.63) is 59.2 Å². The van der Waals surface area contributed by atoms with Gasteiger partial charge in [-0.15, -0.1) is 0 Å². The van der Waals surface area contributed by atoms with E-state index in [9.17, 15) is 10.2 Å². The highest BCUT2D eigenvalue weighted by Gasteiger charge is 2.51. The van der Waals surface area contributed by atoms with Crippen LogP contribution in [0.25, 0.3) is 0 Å². The van der Waals surface area contributed by atoms with Crippen LogP contribution in [-0.2, 0) is 6.54 Å². The van der Waals surface area contributed by atoms with Crippen LogP contribution in [0.5, 0.6) is 11.5 Å². The summed E-state index contributed by atoms with van der Waals surface area (Å²) in [4.78, 5) is 1.49. The smallest absolute Gasteiger partial charge is 0.160 e. The molecule has 0 bridgehead atoms. The Bertz CT molecular complexity index is 819. The van der Waals surface area contributed by atoms with E-state index in [1.54, 1.807) is 13.2 Å². The summed E-state index contributed by atoms with van der Waals surface area (Å²) in [6, 6.07) is 14.7. The molecular weight excluding hydrogens is 350 g/mol. The summed E-state index contributed by atoms with van der Waals surface area (Å²) in [6.45, 7) is 4.01. The second kappa shape index (κ2) is 7.76. The van der Waals surface area contributed by atoms with Gasteiger partial charge in [-0.05, 0) is 38.0 Å². The summed E-state index contributed by atoms with van der Waals surface area (Å²) in [6.07, 6.45) is 5.12. The zero-order valence-corrected chi connectivity index (χ0v) is 16.9. The number of methoxy groups -OCH3 is 1. The first-order valence-corrected chi connectivity index (χ1v) is 10.5. The zero-order chi connectivity index (χ0) is 19.7. The molecule has 0 spiro atoms. The van der Waals surface area contributed by atoms with E-state index >= 15 is 0 Å². The van der Waals surface area contributed by atoms with Crippen LogP contribution in [0.2, 0.25) is 0 Å². The Morgan fingerprint density at radius 3 is 2.64 bits per heavy atom. The average molecular weight is 383 g/mol. The van der Waals surface area contributed by atoms with Crippen molar-refractivity contribution in [1.29, 1.82) is 0 Å². The van der Waals surface area contributed by atoms with Crippen LogP contribution in [0.1, 0.15) is 54.8 Å². The SMILES string of the molecule is COc1cc([C@@H]2[C@H]3CCCC[C@@]3(O)CC[NH+]2Cc2ccc(C)cc2)ccc1O. The molecule has 4 rings (SSSR count). The number of phenols is 1. The molecule has 0 radical (unpaired) electrons. The number of ether oxygens (including phenoxy) is 1. The predicted molar refractivity (Wildman–Crippen MR) is 110 cm³/mol. The van der Waals surface area contributed by atoms with Gasteiger partial charge in [0.1, 0.15) is 12.6 Å². The van der Waals surface area contributed by atoms with Crippen LogP contribution in [0.3, 0.4) is 0 Å². The lowest BCUT2D eigenvalue weighted by Crippen LogP contribution is -3.13. The molecule has 1 unspecified atom stereocenters. The Morgan fingerprint density at radius 2 is 1.89 bits per heavy atom. The third-order valence-electron chi connectivity index (χ3n) is 6.90. The van der Waals surface area contributed by atoms with E-state index in [2.05, 4.69) is 31.2 Å². The van der Waals surface area contributed by atoms with Gasteiger partial charge in [-0.2, -0.15) is 0 Å². The van der Waals surface area contributed by atoms with Crippen molar-refractivity contribution < 1.29 is 19.8 Å². The summed E-state index contributed by atoms with van der Waals surface area (Å²) in [5, 5.41) is 21.5.